The predicted octanol–water partition coefficient (Wildman–Crippen LogP) is 3.42. The van der Waals surface area contributed by atoms with Gasteiger partial charge in [-0.2, -0.15) is 0 Å². The highest BCUT2D eigenvalue weighted by Crippen LogP contribution is 2.24. The highest BCUT2D eigenvalue weighted by molar-refractivity contribution is 9.10. The maximum atomic E-state index is 4.63. The number of rotatable bonds is 2. The van der Waals surface area contributed by atoms with Gasteiger partial charge in [-0.05, 0) is 41.4 Å². The first kappa shape index (κ1) is 12.3. The molecule has 0 amide bonds. The number of imidazole rings is 1. The first-order valence-electron chi connectivity index (χ1n) is 6.15. The van der Waals surface area contributed by atoms with Crippen LogP contribution in [-0.2, 0) is 6.42 Å². The van der Waals surface area contributed by atoms with Gasteiger partial charge >= 0.3 is 0 Å². The molecule has 0 saturated heterocycles. The fourth-order valence-corrected chi connectivity index (χ4v) is 2.74. The van der Waals surface area contributed by atoms with Crippen LogP contribution in [0.15, 0.2) is 35.3 Å². The minimum Gasteiger partial charge on any atom is -0.290 e. The quantitative estimate of drug-likeness (QED) is 0.727. The summed E-state index contributed by atoms with van der Waals surface area (Å²) in [6.07, 6.45) is 6.45. The van der Waals surface area contributed by atoms with Crippen LogP contribution in [0.5, 0.6) is 0 Å². The Kier molecular flexibility index (Phi) is 3.06. The molecule has 0 saturated carbocycles. The second-order valence-electron chi connectivity index (χ2n) is 4.34. The van der Waals surface area contributed by atoms with E-state index in [-0.39, 0.29) is 0 Å². The molecular weight excluding hydrogens is 304 g/mol. The van der Waals surface area contributed by atoms with Crippen LogP contribution in [0, 0.1) is 6.92 Å². The molecule has 0 aliphatic carbocycles. The van der Waals surface area contributed by atoms with E-state index in [4.69, 9.17) is 0 Å². The lowest BCUT2D eigenvalue weighted by Gasteiger charge is -2.04. The van der Waals surface area contributed by atoms with Gasteiger partial charge in [0, 0.05) is 24.2 Å². The molecule has 0 aliphatic rings. The molecule has 3 rings (SSSR count). The van der Waals surface area contributed by atoms with E-state index in [0.29, 0.717) is 0 Å². The number of nitrogens with zero attached hydrogens (tertiary/aromatic N) is 4. The van der Waals surface area contributed by atoms with Crippen LogP contribution in [-0.4, -0.2) is 19.4 Å². The molecule has 0 fully saturated rings. The van der Waals surface area contributed by atoms with E-state index in [2.05, 4.69) is 42.2 Å². The molecule has 19 heavy (non-hydrogen) atoms. The molecule has 3 heterocycles. The van der Waals surface area contributed by atoms with Crippen molar-refractivity contribution < 1.29 is 0 Å². The Morgan fingerprint density at radius 3 is 2.63 bits per heavy atom. The Bertz CT molecular complexity index is 734. The molecule has 4 nitrogen and oxygen atoms in total. The SMILES string of the molecule is CCc1nc2c(C)nc(-c3ccncc3)cn2c1Br. The van der Waals surface area contributed by atoms with Crippen LogP contribution in [0.1, 0.15) is 18.3 Å². The van der Waals surface area contributed by atoms with E-state index in [1.165, 1.54) is 0 Å². The van der Waals surface area contributed by atoms with Crippen molar-refractivity contribution in [2.24, 2.45) is 0 Å². The second kappa shape index (κ2) is 4.74. The fourth-order valence-electron chi connectivity index (χ4n) is 2.10. The second-order valence-corrected chi connectivity index (χ2v) is 5.10. The van der Waals surface area contributed by atoms with E-state index in [9.17, 15) is 0 Å². The van der Waals surface area contributed by atoms with Gasteiger partial charge in [-0.15, -0.1) is 0 Å². The summed E-state index contributed by atoms with van der Waals surface area (Å²) in [6, 6.07) is 3.92. The summed E-state index contributed by atoms with van der Waals surface area (Å²) in [5.74, 6) is 0. The minimum atomic E-state index is 0.895. The normalized spacial score (nSPS) is 11.1. The van der Waals surface area contributed by atoms with Crippen molar-refractivity contribution in [2.45, 2.75) is 20.3 Å². The number of pyridine rings is 1. The molecule has 0 aliphatic heterocycles. The van der Waals surface area contributed by atoms with Gasteiger partial charge in [-0.1, -0.05) is 6.92 Å². The largest absolute Gasteiger partial charge is 0.290 e. The summed E-state index contributed by atoms with van der Waals surface area (Å²) < 4.78 is 3.06. The van der Waals surface area contributed by atoms with E-state index in [1.807, 2.05) is 25.3 Å². The lowest BCUT2D eigenvalue weighted by atomic mass is 10.2. The van der Waals surface area contributed by atoms with Gasteiger partial charge in [-0.25, -0.2) is 9.97 Å². The van der Waals surface area contributed by atoms with Gasteiger partial charge in [0.2, 0.25) is 0 Å². The van der Waals surface area contributed by atoms with Crippen molar-refractivity contribution in [1.29, 1.82) is 0 Å². The first-order valence-corrected chi connectivity index (χ1v) is 6.94. The third-order valence-electron chi connectivity index (χ3n) is 3.09. The molecule has 0 aromatic carbocycles. The van der Waals surface area contributed by atoms with Gasteiger partial charge in [0.25, 0.3) is 0 Å². The topological polar surface area (TPSA) is 43.1 Å². The third-order valence-corrected chi connectivity index (χ3v) is 3.93. The van der Waals surface area contributed by atoms with Gasteiger partial charge in [-0.3, -0.25) is 9.38 Å². The number of fused-ring (bicyclic) bond motifs is 1. The summed E-state index contributed by atoms with van der Waals surface area (Å²) in [5, 5.41) is 0. The fraction of sp³-hybridized carbons (Fsp3) is 0.214. The zero-order chi connectivity index (χ0) is 13.4. The maximum absolute atomic E-state index is 4.63. The van der Waals surface area contributed by atoms with Crippen molar-refractivity contribution in [3.8, 4) is 11.3 Å². The number of halogens is 1. The summed E-state index contributed by atoms with van der Waals surface area (Å²) in [7, 11) is 0. The number of aryl methyl sites for hydroxylation is 2. The van der Waals surface area contributed by atoms with Crippen molar-refractivity contribution in [1.82, 2.24) is 19.4 Å². The lowest BCUT2D eigenvalue weighted by molar-refractivity contribution is 1.04. The third kappa shape index (κ3) is 2.04. The summed E-state index contributed by atoms with van der Waals surface area (Å²) in [4.78, 5) is 13.3. The maximum Gasteiger partial charge on any atom is 0.159 e. The molecular formula is C14H13BrN4. The molecule has 3 aromatic heterocycles. The number of hydrogen-bond acceptors (Lipinski definition) is 3. The van der Waals surface area contributed by atoms with Crippen molar-refractivity contribution in [3.63, 3.8) is 0 Å². The van der Waals surface area contributed by atoms with E-state index >= 15 is 0 Å². The van der Waals surface area contributed by atoms with Crippen LogP contribution in [0.25, 0.3) is 16.9 Å². The number of aromatic nitrogens is 4. The minimum absolute atomic E-state index is 0.895. The standard InChI is InChI=1S/C14H13BrN4/c1-3-11-13(15)19-8-12(10-4-6-16-7-5-10)17-9(2)14(19)18-11/h4-8H,3H2,1-2H3. The molecule has 5 heteroatoms. The predicted molar refractivity (Wildman–Crippen MR) is 78.0 cm³/mol. The van der Waals surface area contributed by atoms with Crippen molar-refractivity contribution >= 4 is 21.6 Å². The highest BCUT2D eigenvalue weighted by atomic mass is 79.9. The summed E-state index contributed by atoms with van der Waals surface area (Å²) >= 11 is 3.61. The van der Waals surface area contributed by atoms with Gasteiger partial charge in [0.05, 0.1) is 17.1 Å². The molecule has 0 radical (unpaired) electrons. The van der Waals surface area contributed by atoms with Crippen molar-refractivity contribution in [3.05, 3.63) is 46.7 Å². The van der Waals surface area contributed by atoms with Gasteiger partial charge < -0.3 is 0 Å². The van der Waals surface area contributed by atoms with E-state index in [0.717, 1.165) is 39.3 Å². The van der Waals surface area contributed by atoms with E-state index < -0.39 is 0 Å². The molecule has 0 spiro atoms. The summed E-state index contributed by atoms with van der Waals surface area (Å²) in [6.45, 7) is 4.08. The lowest BCUT2D eigenvalue weighted by Crippen LogP contribution is -1.95. The molecule has 0 bridgehead atoms. The Morgan fingerprint density at radius 1 is 1.21 bits per heavy atom. The highest BCUT2D eigenvalue weighted by Gasteiger charge is 2.12. The Hall–Kier alpha value is -1.75. The molecule has 0 N–H and O–H groups in total. The van der Waals surface area contributed by atoms with E-state index in [1.54, 1.807) is 12.4 Å². The Morgan fingerprint density at radius 2 is 1.95 bits per heavy atom. The Balaban J connectivity index is 2.27. The molecule has 3 aromatic rings. The smallest absolute Gasteiger partial charge is 0.159 e. The Labute approximate surface area is 119 Å². The van der Waals surface area contributed by atoms with Crippen molar-refractivity contribution in [2.75, 3.05) is 0 Å². The van der Waals surface area contributed by atoms with Crippen LogP contribution in [0.4, 0.5) is 0 Å². The average Bonchev–Trinajstić information content (AvgIpc) is 2.77. The zero-order valence-corrected chi connectivity index (χ0v) is 12.3. The van der Waals surface area contributed by atoms with Crippen LogP contribution < -0.4 is 0 Å². The first-order chi connectivity index (χ1) is 9.20. The zero-order valence-electron chi connectivity index (χ0n) is 10.8. The van der Waals surface area contributed by atoms with Crippen LogP contribution in [0.2, 0.25) is 0 Å². The number of hydrogen-bond donors (Lipinski definition) is 0. The molecule has 96 valence electrons. The monoisotopic (exact) mass is 316 g/mol. The average molecular weight is 317 g/mol. The summed E-state index contributed by atoms with van der Waals surface area (Å²) in [5.41, 5.74) is 4.86. The van der Waals surface area contributed by atoms with Gasteiger partial charge in [0.15, 0.2) is 5.65 Å². The molecule has 0 atom stereocenters. The molecule has 0 unspecified atom stereocenters. The van der Waals surface area contributed by atoms with Gasteiger partial charge in [0.1, 0.15) is 4.60 Å². The van der Waals surface area contributed by atoms with Crippen LogP contribution in [0.3, 0.4) is 0 Å². The van der Waals surface area contributed by atoms with Crippen LogP contribution >= 0.6 is 15.9 Å².